The summed E-state index contributed by atoms with van der Waals surface area (Å²) in [6, 6.07) is 15.8. The van der Waals surface area contributed by atoms with Gasteiger partial charge >= 0.3 is 0 Å². The highest BCUT2D eigenvalue weighted by Crippen LogP contribution is 2.24. The molecule has 0 fully saturated rings. The zero-order valence-electron chi connectivity index (χ0n) is 13.2. The SMILES string of the molecule is COc1ccc(N=C2C=CC(=Nc3ccccc3)C=C2)c(C)c1. The highest BCUT2D eigenvalue weighted by molar-refractivity contribution is 6.19. The van der Waals surface area contributed by atoms with Crippen LogP contribution >= 0.6 is 0 Å². The monoisotopic (exact) mass is 302 g/mol. The van der Waals surface area contributed by atoms with Gasteiger partial charge in [0.15, 0.2) is 0 Å². The number of aryl methyl sites for hydroxylation is 1. The van der Waals surface area contributed by atoms with Crippen LogP contribution in [0.3, 0.4) is 0 Å². The summed E-state index contributed by atoms with van der Waals surface area (Å²) in [5, 5.41) is 0. The maximum Gasteiger partial charge on any atom is 0.119 e. The van der Waals surface area contributed by atoms with Crippen molar-refractivity contribution in [3.8, 4) is 5.75 Å². The Balaban J connectivity index is 1.79. The molecule has 3 nitrogen and oxygen atoms in total. The van der Waals surface area contributed by atoms with Crippen LogP contribution in [0.15, 0.2) is 82.8 Å². The van der Waals surface area contributed by atoms with E-state index in [-0.39, 0.29) is 0 Å². The van der Waals surface area contributed by atoms with Gasteiger partial charge in [-0.05, 0) is 67.1 Å². The minimum absolute atomic E-state index is 0.846. The van der Waals surface area contributed by atoms with Gasteiger partial charge in [-0.2, -0.15) is 0 Å². The highest BCUT2D eigenvalue weighted by Gasteiger charge is 2.03. The van der Waals surface area contributed by atoms with E-state index in [0.717, 1.165) is 34.1 Å². The summed E-state index contributed by atoms with van der Waals surface area (Å²) in [4.78, 5) is 9.24. The lowest BCUT2D eigenvalue weighted by Gasteiger charge is -2.06. The van der Waals surface area contributed by atoms with E-state index in [4.69, 9.17) is 4.74 Å². The van der Waals surface area contributed by atoms with E-state index >= 15 is 0 Å². The van der Waals surface area contributed by atoms with E-state index in [1.807, 2.05) is 79.8 Å². The van der Waals surface area contributed by atoms with Gasteiger partial charge in [0.05, 0.1) is 29.9 Å². The van der Waals surface area contributed by atoms with E-state index in [0.29, 0.717) is 0 Å². The molecule has 0 unspecified atom stereocenters. The van der Waals surface area contributed by atoms with Gasteiger partial charge in [0.2, 0.25) is 0 Å². The second-order valence-electron chi connectivity index (χ2n) is 5.23. The molecular weight excluding hydrogens is 284 g/mol. The number of para-hydroxylation sites is 1. The number of hydrogen-bond donors (Lipinski definition) is 0. The van der Waals surface area contributed by atoms with Gasteiger partial charge in [0.25, 0.3) is 0 Å². The van der Waals surface area contributed by atoms with Gasteiger partial charge in [-0.1, -0.05) is 18.2 Å². The summed E-state index contributed by atoms with van der Waals surface area (Å²) in [7, 11) is 1.67. The van der Waals surface area contributed by atoms with Crippen LogP contribution in [-0.2, 0) is 0 Å². The summed E-state index contributed by atoms with van der Waals surface area (Å²) in [5.41, 5.74) is 4.80. The van der Waals surface area contributed by atoms with Crippen LogP contribution in [0.2, 0.25) is 0 Å². The quantitative estimate of drug-likeness (QED) is 0.737. The Labute approximate surface area is 136 Å². The number of benzene rings is 2. The van der Waals surface area contributed by atoms with Crippen LogP contribution in [0.5, 0.6) is 5.75 Å². The number of allylic oxidation sites excluding steroid dienone is 4. The Hall–Kier alpha value is -2.94. The van der Waals surface area contributed by atoms with Crippen molar-refractivity contribution in [3.63, 3.8) is 0 Å². The third-order valence-corrected chi connectivity index (χ3v) is 3.52. The van der Waals surface area contributed by atoms with Gasteiger partial charge in [0.1, 0.15) is 5.75 Å². The number of methoxy groups -OCH3 is 1. The zero-order chi connectivity index (χ0) is 16.1. The molecule has 0 saturated carbocycles. The molecule has 0 amide bonds. The van der Waals surface area contributed by atoms with Crippen LogP contribution in [0.4, 0.5) is 11.4 Å². The zero-order valence-corrected chi connectivity index (χ0v) is 13.2. The van der Waals surface area contributed by atoms with Gasteiger partial charge in [-0.15, -0.1) is 0 Å². The topological polar surface area (TPSA) is 34.0 Å². The van der Waals surface area contributed by atoms with Crippen molar-refractivity contribution in [1.29, 1.82) is 0 Å². The Morgan fingerprint density at radius 1 is 0.783 bits per heavy atom. The first-order valence-corrected chi connectivity index (χ1v) is 7.48. The molecule has 23 heavy (non-hydrogen) atoms. The molecule has 0 aromatic heterocycles. The first-order valence-electron chi connectivity index (χ1n) is 7.48. The normalized spacial score (nSPS) is 13.1. The minimum atomic E-state index is 0.846. The fourth-order valence-electron chi connectivity index (χ4n) is 2.27. The van der Waals surface area contributed by atoms with Crippen molar-refractivity contribution in [2.24, 2.45) is 9.98 Å². The molecule has 3 heteroatoms. The number of rotatable bonds is 3. The first kappa shape index (κ1) is 15.0. The Morgan fingerprint density at radius 3 is 2.04 bits per heavy atom. The Bertz CT molecular complexity index is 797. The fourth-order valence-corrected chi connectivity index (χ4v) is 2.27. The third-order valence-electron chi connectivity index (χ3n) is 3.52. The summed E-state index contributed by atoms with van der Waals surface area (Å²) in [5.74, 6) is 0.846. The molecule has 0 saturated heterocycles. The van der Waals surface area contributed by atoms with Crippen LogP contribution < -0.4 is 4.74 Å². The predicted octanol–water partition coefficient (Wildman–Crippen LogP) is 4.97. The maximum atomic E-state index is 5.22. The van der Waals surface area contributed by atoms with Crippen LogP contribution in [0, 0.1) is 6.92 Å². The lowest BCUT2D eigenvalue weighted by molar-refractivity contribution is 0.414. The van der Waals surface area contributed by atoms with Crippen molar-refractivity contribution in [2.45, 2.75) is 6.92 Å². The van der Waals surface area contributed by atoms with E-state index in [2.05, 4.69) is 9.98 Å². The molecule has 0 aliphatic heterocycles. The molecule has 1 aliphatic rings. The fraction of sp³-hybridized carbons (Fsp3) is 0.100. The Kier molecular flexibility index (Phi) is 4.48. The second kappa shape index (κ2) is 6.88. The van der Waals surface area contributed by atoms with Crippen LogP contribution in [-0.4, -0.2) is 18.5 Å². The Morgan fingerprint density at radius 2 is 1.43 bits per heavy atom. The smallest absolute Gasteiger partial charge is 0.119 e. The van der Waals surface area contributed by atoms with Crippen molar-refractivity contribution in [2.75, 3.05) is 7.11 Å². The van der Waals surface area contributed by atoms with Crippen molar-refractivity contribution in [1.82, 2.24) is 0 Å². The molecule has 2 aromatic carbocycles. The van der Waals surface area contributed by atoms with Gasteiger partial charge in [0, 0.05) is 0 Å². The number of ether oxygens (including phenoxy) is 1. The van der Waals surface area contributed by atoms with Gasteiger partial charge < -0.3 is 4.74 Å². The second-order valence-corrected chi connectivity index (χ2v) is 5.23. The number of aliphatic imine (C=N–C) groups is 2. The average molecular weight is 302 g/mol. The first-order chi connectivity index (χ1) is 11.2. The highest BCUT2D eigenvalue weighted by atomic mass is 16.5. The molecule has 0 N–H and O–H groups in total. The van der Waals surface area contributed by atoms with Crippen molar-refractivity contribution >= 4 is 22.8 Å². The predicted molar refractivity (Wildman–Crippen MR) is 96.6 cm³/mol. The molecule has 0 spiro atoms. The molecule has 0 atom stereocenters. The maximum absolute atomic E-state index is 5.22. The summed E-state index contributed by atoms with van der Waals surface area (Å²) in [6.45, 7) is 2.03. The lowest BCUT2D eigenvalue weighted by atomic mass is 10.1. The van der Waals surface area contributed by atoms with E-state index < -0.39 is 0 Å². The molecule has 0 radical (unpaired) electrons. The van der Waals surface area contributed by atoms with Gasteiger partial charge in [-0.25, -0.2) is 9.98 Å². The van der Waals surface area contributed by atoms with E-state index in [1.165, 1.54) is 0 Å². The molecule has 3 rings (SSSR count). The minimum Gasteiger partial charge on any atom is -0.497 e. The summed E-state index contributed by atoms with van der Waals surface area (Å²) >= 11 is 0. The summed E-state index contributed by atoms with van der Waals surface area (Å²) < 4.78 is 5.22. The van der Waals surface area contributed by atoms with Crippen LogP contribution in [0.1, 0.15) is 5.56 Å². The van der Waals surface area contributed by atoms with E-state index in [1.54, 1.807) is 7.11 Å². The molecular formula is C20H18N2O. The van der Waals surface area contributed by atoms with Crippen molar-refractivity contribution in [3.05, 3.63) is 78.4 Å². The average Bonchev–Trinajstić information content (AvgIpc) is 2.59. The largest absolute Gasteiger partial charge is 0.497 e. The number of hydrogen-bond acceptors (Lipinski definition) is 3. The number of nitrogens with zero attached hydrogens (tertiary/aromatic N) is 2. The van der Waals surface area contributed by atoms with Gasteiger partial charge in [-0.3, -0.25) is 0 Å². The molecule has 1 aliphatic carbocycles. The van der Waals surface area contributed by atoms with Crippen molar-refractivity contribution < 1.29 is 4.74 Å². The molecule has 0 bridgehead atoms. The van der Waals surface area contributed by atoms with E-state index in [9.17, 15) is 0 Å². The molecule has 2 aromatic rings. The van der Waals surface area contributed by atoms with Crippen LogP contribution in [0.25, 0.3) is 0 Å². The third kappa shape index (κ3) is 3.83. The molecule has 114 valence electrons. The molecule has 0 heterocycles. The summed E-state index contributed by atoms with van der Waals surface area (Å²) in [6.07, 6.45) is 7.91. The standard InChI is InChI=1S/C20H18N2O/c1-15-14-19(23-2)12-13-20(15)22-18-10-8-17(9-11-18)21-16-6-4-3-5-7-16/h3-14H,1-2H3. The lowest BCUT2D eigenvalue weighted by Crippen LogP contribution is -1.99.